The molecular weight excluding hydrogens is 364 g/mol. The molecule has 1 aromatic heterocycles. The number of halogens is 3. The van der Waals surface area contributed by atoms with Crippen molar-refractivity contribution in [3.63, 3.8) is 0 Å². The lowest BCUT2D eigenvalue weighted by Gasteiger charge is -2.38. The Labute approximate surface area is 153 Å². The molecule has 2 aromatic rings. The number of hydrogen-bond donors (Lipinski definition) is 1. The van der Waals surface area contributed by atoms with Gasteiger partial charge in [0.05, 0.1) is 29.4 Å². The van der Waals surface area contributed by atoms with E-state index in [4.69, 9.17) is 22.1 Å². The molecule has 0 bridgehead atoms. The van der Waals surface area contributed by atoms with Crippen LogP contribution in [0.25, 0.3) is 11.3 Å². The van der Waals surface area contributed by atoms with Crippen LogP contribution in [0.5, 0.6) is 5.75 Å². The van der Waals surface area contributed by atoms with Crippen LogP contribution in [0, 0.1) is 0 Å². The van der Waals surface area contributed by atoms with Gasteiger partial charge in [-0.15, -0.1) is 0 Å². The van der Waals surface area contributed by atoms with Crippen molar-refractivity contribution in [3.05, 3.63) is 46.6 Å². The van der Waals surface area contributed by atoms with Crippen molar-refractivity contribution in [2.75, 3.05) is 19.6 Å². The molecule has 2 N–H and O–H groups in total. The smallest absolute Gasteiger partial charge is 0.282 e. The lowest BCUT2D eigenvalue weighted by atomic mass is 10.0. The average molecular weight is 380 g/mol. The maximum atomic E-state index is 12.9. The van der Waals surface area contributed by atoms with Crippen molar-refractivity contribution in [3.8, 4) is 17.0 Å². The zero-order chi connectivity index (χ0) is 18.5. The lowest BCUT2D eigenvalue weighted by molar-refractivity contribution is -0.113. The lowest BCUT2D eigenvalue weighted by Crippen LogP contribution is -2.58. The first kappa shape index (κ1) is 17.2. The molecule has 1 aromatic carbocycles. The first-order valence-electron chi connectivity index (χ1n) is 8.19. The summed E-state index contributed by atoms with van der Waals surface area (Å²) >= 11 is 6.30. The highest BCUT2D eigenvalue weighted by atomic mass is 35.5. The second kappa shape index (κ2) is 6.17. The van der Waals surface area contributed by atoms with E-state index in [1.807, 2.05) is 6.07 Å². The molecule has 136 valence electrons. The maximum Gasteiger partial charge on any atom is 0.282 e. The molecule has 1 unspecified atom stereocenters. The van der Waals surface area contributed by atoms with Gasteiger partial charge in [0.15, 0.2) is 0 Å². The van der Waals surface area contributed by atoms with Gasteiger partial charge in [-0.2, -0.15) is 0 Å². The second-order valence-corrected chi connectivity index (χ2v) is 6.98. The zero-order valence-electron chi connectivity index (χ0n) is 13.7. The molecule has 0 aliphatic carbocycles. The predicted octanol–water partition coefficient (Wildman–Crippen LogP) is 2.76. The number of amides is 1. The minimum Gasteiger partial charge on any atom is -0.487 e. The highest BCUT2D eigenvalue weighted by molar-refractivity contribution is 6.32. The summed E-state index contributed by atoms with van der Waals surface area (Å²) in [7, 11) is 0. The van der Waals surface area contributed by atoms with Gasteiger partial charge in [0.25, 0.3) is 11.8 Å². The summed E-state index contributed by atoms with van der Waals surface area (Å²) in [5.74, 6) is -2.58. The Morgan fingerprint density at radius 1 is 1.38 bits per heavy atom. The molecule has 1 amide bonds. The molecule has 1 fully saturated rings. The van der Waals surface area contributed by atoms with Gasteiger partial charge in [-0.25, -0.2) is 8.78 Å². The van der Waals surface area contributed by atoms with Crippen LogP contribution in [-0.2, 0) is 6.42 Å². The van der Waals surface area contributed by atoms with E-state index in [1.54, 1.807) is 18.2 Å². The Balaban J connectivity index is 1.55. The fraction of sp³-hybridized carbons (Fsp3) is 0.333. The summed E-state index contributed by atoms with van der Waals surface area (Å²) in [6.45, 7) is -0.683. The van der Waals surface area contributed by atoms with E-state index in [2.05, 4.69) is 4.98 Å². The molecule has 1 saturated heterocycles. The molecule has 0 spiro atoms. The van der Waals surface area contributed by atoms with E-state index in [0.29, 0.717) is 29.4 Å². The topological polar surface area (TPSA) is 68.5 Å². The van der Waals surface area contributed by atoms with Crippen molar-refractivity contribution in [1.82, 2.24) is 9.88 Å². The summed E-state index contributed by atoms with van der Waals surface area (Å²) in [4.78, 5) is 17.5. The number of pyridine rings is 1. The van der Waals surface area contributed by atoms with Crippen LogP contribution in [0.1, 0.15) is 15.9 Å². The third-order valence-corrected chi connectivity index (χ3v) is 4.83. The summed E-state index contributed by atoms with van der Waals surface area (Å²) in [6, 6.07) is 6.96. The minimum absolute atomic E-state index is 0.0830. The Kier molecular flexibility index (Phi) is 4.08. The summed E-state index contributed by atoms with van der Waals surface area (Å²) < 4.78 is 31.5. The number of rotatable bonds is 3. The van der Waals surface area contributed by atoms with Crippen LogP contribution in [0.15, 0.2) is 30.5 Å². The van der Waals surface area contributed by atoms with E-state index in [9.17, 15) is 13.6 Å². The molecule has 2 aliphatic heterocycles. The minimum atomic E-state index is -2.78. The van der Waals surface area contributed by atoms with E-state index in [1.165, 1.54) is 6.20 Å². The number of carbonyl (C=O) groups excluding carboxylic acids is 1. The van der Waals surface area contributed by atoms with Crippen LogP contribution in [0.3, 0.4) is 0 Å². The van der Waals surface area contributed by atoms with Gasteiger partial charge in [0.2, 0.25) is 0 Å². The van der Waals surface area contributed by atoms with E-state index in [0.717, 1.165) is 16.0 Å². The summed E-state index contributed by atoms with van der Waals surface area (Å²) in [5.41, 5.74) is 8.33. The highest BCUT2D eigenvalue weighted by Gasteiger charge is 2.46. The van der Waals surface area contributed by atoms with E-state index in [-0.39, 0.29) is 11.7 Å². The Morgan fingerprint density at radius 3 is 2.77 bits per heavy atom. The first-order valence-corrected chi connectivity index (χ1v) is 8.57. The van der Waals surface area contributed by atoms with Crippen molar-refractivity contribution < 1.29 is 18.3 Å². The number of ether oxygens (including phenoxy) is 1. The Morgan fingerprint density at radius 2 is 2.15 bits per heavy atom. The average Bonchev–Trinajstić information content (AvgIpc) is 3.03. The number of fused-ring (bicyclic) bond motifs is 1. The second-order valence-electron chi connectivity index (χ2n) is 6.58. The number of nitrogens with two attached hydrogens (primary N) is 1. The van der Waals surface area contributed by atoms with Crippen molar-refractivity contribution >= 4 is 17.5 Å². The number of alkyl halides is 2. The zero-order valence-corrected chi connectivity index (χ0v) is 14.5. The van der Waals surface area contributed by atoms with Crippen LogP contribution in [0.4, 0.5) is 8.78 Å². The first-order chi connectivity index (χ1) is 12.4. The Bertz CT molecular complexity index is 865. The fourth-order valence-corrected chi connectivity index (χ4v) is 3.48. The van der Waals surface area contributed by atoms with Crippen molar-refractivity contribution in [2.24, 2.45) is 5.73 Å². The SMILES string of the molecule is NCC1Cc2cc(-c3ccc(C(=O)N4CC(F)(F)C4)cn3)cc(Cl)c2O1. The highest BCUT2D eigenvalue weighted by Crippen LogP contribution is 2.39. The summed E-state index contributed by atoms with van der Waals surface area (Å²) in [6.07, 6.45) is 1.99. The van der Waals surface area contributed by atoms with E-state index >= 15 is 0 Å². The number of nitrogens with zero attached hydrogens (tertiary/aromatic N) is 2. The molecule has 1 atom stereocenters. The molecule has 5 nitrogen and oxygen atoms in total. The standard InChI is InChI=1S/C18H16ClF2N3O2/c19-14-5-11(3-12-4-13(6-22)26-16(12)14)15-2-1-10(7-23-15)17(25)24-8-18(20,21)9-24/h1-3,5,7,13H,4,6,8-9,22H2. The largest absolute Gasteiger partial charge is 0.487 e. The molecule has 2 aliphatic rings. The molecule has 26 heavy (non-hydrogen) atoms. The predicted molar refractivity (Wildman–Crippen MR) is 92.7 cm³/mol. The molecule has 0 saturated carbocycles. The van der Waals surface area contributed by atoms with E-state index < -0.39 is 24.9 Å². The number of hydrogen-bond acceptors (Lipinski definition) is 4. The van der Waals surface area contributed by atoms with Gasteiger partial charge >= 0.3 is 0 Å². The quantitative estimate of drug-likeness (QED) is 0.890. The van der Waals surface area contributed by atoms with Gasteiger partial charge in [-0.1, -0.05) is 11.6 Å². The van der Waals surface area contributed by atoms with Crippen molar-refractivity contribution in [1.29, 1.82) is 0 Å². The van der Waals surface area contributed by atoms with Crippen LogP contribution in [0.2, 0.25) is 5.02 Å². The number of benzene rings is 1. The van der Waals surface area contributed by atoms with Gasteiger partial charge in [-0.05, 0) is 24.3 Å². The van der Waals surface area contributed by atoms with Gasteiger partial charge < -0.3 is 15.4 Å². The van der Waals surface area contributed by atoms with Crippen LogP contribution in [-0.4, -0.2) is 47.5 Å². The number of carbonyl (C=O) groups is 1. The number of likely N-dealkylation sites (tertiary alicyclic amines) is 1. The molecule has 8 heteroatoms. The monoisotopic (exact) mass is 379 g/mol. The third-order valence-electron chi connectivity index (χ3n) is 4.55. The van der Waals surface area contributed by atoms with Gasteiger partial charge in [0, 0.05) is 30.3 Å². The van der Waals surface area contributed by atoms with Gasteiger partial charge in [0.1, 0.15) is 11.9 Å². The molecular formula is C18H16ClF2N3O2. The van der Waals surface area contributed by atoms with Crippen molar-refractivity contribution in [2.45, 2.75) is 18.4 Å². The normalized spacial score (nSPS) is 20.3. The number of aromatic nitrogens is 1. The fourth-order valence-electron chi connectivity index (χ4n) is 3.20. The summed E-state index contributed by atoms with van der Waals surface area (Å²) in [5, 5.41) is 0.484. The van der Waals surface area contributed by atoms with Crippen LogP contribution >= 0.6 is 11.6 Å². The molecule has 4 rings (SSSR count). The maximum absolute atomic E-state index is 12.9. The van der Waals surface area contributed by atoms with Crippen LogP contribution < -0.4 is 10.5 Å². The molecule has 3 heterocycles. The third kappa shape index (κ3) is 3.01. The van der Waals surface area contributed by atoms with Gasteiger partial charge in [-0.3, -0.25) is 9.78 Å². The Hall–Kier alpha value is -2.25. The molecule has 0 radical (unpaired) electrons.